The zero-order valence-corrected chi connectivity index (χ0v) is 9.46. The Hall–Kier alpha value is -1.28. The first kappa shape index (κ1) is 10.2. The average molecular weight is 202 g/mol. The lowest BCUT2D eigenvalue weighted by Crippen LogP contribution is -2.10. The standard InChI is InChI=1S/C13H18N2/c1-11-4-5-12-6-9-15(13(12)10-11)8-3-7-14-2/h4-6,9-10,14H,3,7-8H2,1-2H3. The van der Waals surface area contributed by atoms with Crippen LogP contribution >= 0.6 is 0 Å². The molecule has 1 N–H and O–H groups in total. The summed E-state index contributed by atoms with van der Waals surface area (Å²) < 4.78 is 2.33. The SMILES string of the molecule is CNCCCn1ccc2ccc(C)cc21. The van der Waals surface area contributed by atoms with E-state index in [9.17, 15) is 0 Å². The molecule has 0 atom stereocenters. The summed E-state index contributed by atoms with van der Waals surface area (Å²) in [7, 11) is 2.00. The van der Waals surface area contributed by atoms with E-state index >= 15 is 0 Å². The van der Waals surface area contributed by atoms with Crippen molar-refractivity contribution < 1.29 is 0 Å². The van der Waals surface area contributed by atoms with Gasteiger partial charge >= 0.3 is 0 Å². The van der Waals surface area contributed by atoms with Gasteiger partial charge in [0.05, 0.1) is 0 Å². The highest BCUT2D eigenvalue weighted by molar-refractivity contribution is 5.80. The van der Waals surface area contributed by atoms with Gasteiger partial charge < -0.3 is 9.88 Å². The van der Waals surface area contributed by atoms with Crippen LogP contribution in [0.3, 0.4) is 0 Å². The molecule has 1 heterocycles. The predicted octanol–water partition coefficient (Wildman–Crippen LogP) is 2.56. The van der Waals surface area contributed by atoms with Crippen LogP contribution in [0.5, 0.6) is 0 Å². The highest BCUT2D eigenvalue weighted by Crippen LogP contribution is 2.17. The monoisotopic (exact) mass is 202 g/mol. The third kappa shape index (κ3) is 2.21. The first-order valence-electron chi connectivity index (χ1n) is 5.51. The van der Waals surface area contributed by atoms with Crippen LogP contribution in [-0.4, -0.2) is 18.2 Å². The van der Waals surface area contributed by atoms with Crippen molar-refractivity contribution in [2.45, 2.75) is 19.9 Å². The molecule has 1 aromatic heterocycles. The summed E-state index contributed by atoms with van der Waals surface area (Å²) >= 11 is 0. The number of hydrogen-bond acceptors (Lipinski definition) is 1. The maximum atomic E-state index is 3.18. The lowest BCUT2D eigenvalue weighted by Gasteiger charge is -2.05. The first-order chi connectivity index (χ1) is 7.31. The number of aryl methyl sites for hydroxylation is 2. The number of nitrogens with zero attached hydrogens (tertiary/aromatic N) is 1. The fourth-order valence-electron chi connectivity index (χ4n) is 1.92. The molecule has 0 bridgehead atoms. The van der Waals surface area contributed by atoms with Crippen molar-refractivity contribution in [2.24, 2.45) is 0 Å². The average Bonchev–Trinajstić information content (AvgIpc) is 2.62. The molecule has 0 saturated carbocycles. The molecular formula is C13H18N2. The zero-order valence-electron chi connectivity index (χ0n) is 9.46. The Morgan fingerprint density at radius 3 is 2.93 bits per heavy atom. The van der Waals surface area contributed by atoms with Gasteiger partial charge in [0, 0.05) is 18.3 Å². The van der Waals surface area contributed by atoms with Crippen LogP contribution < -0.4 is 5.32 Å². The number of fused-ring (bicyclic) bond motifs is 1. The van der Waals surface area contributed by atoms with E-state index in [1.165, 1.54) is 22.9 Å². The highest BCUT2D eigenvalue weighted by atomic mass is 15.0. The Labute approximate surface area is 90.9 Å². The fraction of sp³-hybridized carbons (Fsp3) is 0.385. The molecule has 2 aromatic rings. The van der Waals surface area contributed by atoms with Gasteiger partial charge in [-0.1, -0.05) is 12.1 Å². The molecule has 0 amide bonds. The quantitative estimate of drug-likeness (QED) is 0.754. The molecule has 0 radical (unpaired) electrons. The van der Waals surface area contributed by atoms with E-state index in [4.69, 9.17) is 0 Å². The van der Waals surface area contributed by atoms with Crippen LogP contribution in [0, 0.1) is 6.92 Å². The predicted molar refractivity (Wildman–Crippen MR) is 65.2 cm³/mol. The molecule has 80 valence electrons. The number of aromatic nitrogens is 1. The van der Waals surface area contributed by atoms with E-state index in [0.29, 0.717) is 0 Å². The van der Waals surface area contributed by atoms with Gasteiger partial charge in [0.15, 0.2) is 0 Å². The Morgan fingerprint density at radius 1 is 1.27 bits per heavy atom. The minimum Gasteiger partial charge on any atom is -0.347 e. The van der Waals surface area contributed by atoms with Crippen LogP contribution in [0.2, 0.25) is 0 Å². The fourth-order valence-corrected chi connectivity index (χ4v) is 1.92. The van der Waals surface area contributed by atoms with Crippen molar-refractivity contribution in [3.05, 3.63) is 36.0 Å². The van der Waals surface area contributed by atoms with Crippen molar-refractivity contribution in [1.82, 2.24) is 9.88 Å². The van der Waals surface area contributed by atoms with Gasteiger partial charge in [0.1, 0.15) is 0 Å². The van der Waals surface area contributed by atoms with Crippen molar-refractivity contribution in [3.8, 4) is 0 Å². The van der Waals surface area contributed by atoms with E-state index in [1.54, 1.807) is 0 Å². The Bertz CT molecular complexity index is 443. The largest absolute Gasteiger partial charge is 0.347 e. The molecule has 2 nitrogen and oxygen atoms in total. The maximum Gasteiger partial charge on any atom is 0.0482 e. The van der Waals surface area contributed by atoms with Gasteiger partial charge in [0.25, 0.3) is 0 Å². The van der Waals surface area contributed by atoms with Crippen molar-refractivity contribution in [2.75, 3.05) is 13.6 Å². The lowest BCUT2D eigenvalue weighted by molar-refractivity contribution is 0.627. The van der Waals surface area contributed by atoms with Crippen LogP contribution in [-0.2, 0) is 6.54 Å². The summed E-state index contributed by atoms with van der Waals surface area (Å²) in [6, 6.07) is 8.81. The smallest absolute Gasteiger partial charge is 0.0482 e. The molecule has 0 aliphatic carbocycles. The zero-order chi connectivity index (χ0) is 10.7. The third-order valence-electron chi connectivity index (χ3n) is 2.76. The van der Waals surface area contributed by atoms with E-state index < -0.39 is 0 Å². The molecule has 0 fully saturated rings. The molecular weight excluding hydrogens is 184 g/mol. The van der Waals surface area contributed by atoms with Gasteiger partial charge in [-0.2, -0.15) is 0 Å². The lowest BCUT2D eigenvalue weighted by atomic mass is 10.2. The maximum absolute atomic E-state index is 3.18. The molecule has 2 heteroatoms. The first-order valence-corrected chi connectivity index (χ1v) is 5.51. The number of rotatable bonds is 4. The second-order valence-electron chi connectivity index (χ2n) is 4.03. The van der Waals surface area contributed by atoms with E-state index in [0.717, 1.165) is 13.1 Å². The number of nitrogens with one attached hydrogen (secondary N) is 1. The Morgan fingerprint density at radius 2 is 2.13 bits per heavy atom. The third-order valence-corrected chi connectivity index (χ3v) is 2.76. The second-order valence-corrected chi connectivity index (χ2v) is 4.03. The second kappa shape index (κ2) is 4.49. The van der Waals surface area contributed by atoms with Gasteiger partial charge in [-0.25, -0.2) is 0 Å². The topological polar surface area (TPSA) is 17.0 Å². The summed E-state index contributed by atoms with van der Waals surface area (Å²) in [5.41, 5.74) is 2.68. The summed E-state index contributed by atoms with van der Waals surface area (Å²) in [6.07, 6.45) is 3.36. The molecule has 0 saturated heterocycles. The van der Waals surface area contributed by atoms with E-state index in [-0.39, 0.29) is 0 Å². The van der Waals surface area contributed by atoms with Crippen molar-refractivity contribution >= 4 is 10.9 Å². The minimum atomic E-state index is 1.07. The molecule has 1 aromatic carbocycles. The number of hydrogen-bond donors (Lipinski definition) is 1. The molecule has 0 spiro atoms. The van der Waals surface area contributed by atoms with Gasteiger partial charge in [-0.3, -0.25) is 0 Å². The van der Waals surface area contributed by atoms with Crippen LogP contribution in [0.25, 0.3) is 10.9 Å². The summed E-state index contributed by atoms with van der Waals surface area (Å²) in [4.78, 5) is 0. The minimum absolute atomic E-state index is 1.07. The van der Waals surface area contributed by atoms with Crippen molar-refractivity contribution in [1.29, 1.82) is 0 Å². The molecule has 0 unspecified atom stereocenters. The summed E-state index contributed by atoms with van der Waals surface area (Å²) in [5.74, 6) is 0. The molecule has 15 heavy (non-hydrogen) atoms. The number of benzene rings is 1. The normalized spacial score (nSPS) is 11.1. The Balaban J connectivity index is 2.23. The van der Waals surface area contributed by atoms with Crippen LogP contribution in [0.4, 0.5) is 0 Å². The van der Waals surface area contributed by atoms with Gasteiger partial charge in [0.2, 0.25) is 0 Å². The molecule has 0 aliphatic heterocycles. The molecule has 2 rings (SSSR count). The van der Waals surface area contributed by atoms with Gasteiger partial charge in [-0.05, 0) is 50.0 Å². The van der Waals surface area contributed by atoms with Gasteiger partial charge in [-0.15, -0.1) is 0 Å². The Kier molecular flexibility index (Phi) is 3.07. The highest BCUT2D eigenvalue weighted by Gasteiger charge is 2.00. The van der Waals surface area contributed by atoms with E-state index in [1.807, 2.05) is 7.05 Å². The molecule has 0 aliphatic rings. The summed E-state index contributed by atoms with van der Waals surface area (Å²) in [5, 5.41) is 4.51. The van der Waals surface area contributed by atoms with Crippen LogP contribution in [0.1, 0.15) is 12.0 Å². The van der Waals surface area contributed by atoms with Crippen molar-refractivity contribution in [3.63, 3.8) is 0 Å². The van der Waals surface area contributed by atoms with E-state index in [2.05, 4.69) is 47.3 Å². The summed E-state index contributed by atoms with van der Waals surface area (Å²) in [6.45, 7) is 4.31. The van der Waals surface area contributed by atoms with Crippen LogP contribution in [0.15, 0.2) is 30.5 Å².